The van der Waals surface area contributed by atoms with Crippen LogP contribution in [0.4, 0.5) is 5.69 Å². The van der Waals surface area contributed by atoms with Crippen molar-refractivity contribution in [2.45, 2.75) is 20.3 Å². The Hall–Kier alpha value is -1.93. The van der Waals surface area contributed by atoms with Crippen molar-refractivity contribution < 1.29 is 4.79 Å². The maximum Gasteiger partial charge on any atom is 0.238 e. The monoisotopic (exact) mass is 245 g/mol. The molecule has 0 saturated heterocycles. The lowest BCUT2D eigenvalue weighted by Crippen LogP contribution is -2.09. The molecule has 0 fully saturated rings. The summed E-state index contributed by atoms with van der Waals surface area (Å²) in [6.45, 7) is 3.93. The normalized spacial score (nSPS) is 10.2. The van der Waals surface area contributed by atoms with Crippen molar-refractivity contribution in [3.8, 4) is 6.07 Å². The molecule has 1 N–H and O–H groups in total. The van der Waals surface area contributed by atoms with Gasteiger partial charge in [-0.1, -0.05) is 0 Å². The van der Waals surface area contributed by atoms with Gasteiger partial charge in [0, 0.05) is 16.5 Å². The number of pyridine rings is 1. The van der Waals surface area contributed by atoms with E-state index in [9.17, 15) is 4.79 Å². The molecule has 2 aromatic rings. The SMILES string of the molecule is Cc1cc(C)c2c(NC(=O)CC#N)csc2n1. The van der Waals surface area contributed by atoms with E-state index in [0.29, 0.717) is 0 Å². The Balaban J connectivity index is 2.43. The van der Waals surface area contributed by atoms with Gasteiger partial charge in [0.1, 0.15) is 11.3 Å². The number of nitrogens with zero attached hydrogens (tertiary/aromatic N) is 2. The van der Waals surface area contributed by atoms with Gasteiger partial charge >= 0.3 is 0 Å². The molecule has 0 radical (unpaired) electrons. The first-order valence-corrected chi connectivity index (χ1v) is 6.02. The summed E-state index contributed by atoms with van der Waals surface area (Å²) >= 11 is 1.49. The zero-order valence-electron chi connectivity index (χ0n) is 9.57. The van der Waals surface area contributed by atoms with Gasteiger partial charge in [0.15, 0.2) is 0 Å². The molecule has 0 spiro atoms. The molecule has 0 aliphatic carbocycles. The van der Waals surface area contributed by atoms with Crippen LogP contribution in [-0.2, 0) is 4.79 Å². The molecule has 2 heterocycles. The standard InChI is InChI=1S/C12H11N3OS/c1-7-5-8(2)14-12-11(7)9(6-17-12)15-10(16)3-4-13/h5-6H,3H2,1-2H3,(H,15,16). The summed E-state index contributed by atoms with van der Waals surface area (Å²) in [5.41, 5.74) is 2.79. The lowest BCUT2D eigenvalue weighted by molar-refractivity contribution is -0.115. The van der Waals surface area contributed by atoms with E-state index in [4.69, 9.17) is 5.26 Å². The average molecular weight is 245 g/mol. The second kappa shape index (κ2) is 4.52. The number of hydrogen-bond donors (Lipinski definition) is 1. The fourth-order valence-corrected chi connectivity index (χ4v) is 2.74. The number of aryl methyl sites for hydroxylation is 2. The summed E-state index contributed by atoms with van der Waals surface area (Å²) in [6.07, 6.45) is -0.129. The number of hydrogen-bond acceptors (Lipinski definition) is 4. The number of nitrogens with one attached hydrogen (secondary N) is 1. The largest absolute Gasteiger partial charge is 0.324 e. The lowest BCUT2D eigenvalue weighted by atomic mass is 10.1. The summed E-state index contributed by atoms with van der Waals surface area (Å²) in [5, 5.41) is 14.0. The first kappa shape index (κ1) is 11.6. The van der Waals surface area contributed by atoms with Crippen molar-refractivity contribution in [2.24, 2.45) is 0 Å². The van der Waals surface area contributed by atoms with Crippen LogP contribution in [0.3, 0.4) is 0 Å². The molecule has 0 aromatic carbocycles. The van der Waals surface area contributed by atoms with E-state index in [-0.39, 0.29) is 12.3 Å². The molecule has 2 aromatic heterocycles. The summed E-state index contributed by atoms with van der Waals surface area (Å²) in [4.78, 5) is 16.7. The maximum atomic E-state index is 11.4. The number of aromatic nitrogens is 1. The minimum absolute atomic E-state index is 0.129. The minimum Gasteiger partial charge on any atom is -0.324 e. The van der Waals surface area contributed by atoms with Gasteiger partial charge in [0.2, 0.25) is 5.91 Å². The van der Waals surface area contributed by atoms with Gasteiger partial charge in [-0.3, -0.25) is 4.79 Å². The van der Waals surface area contributed by atoms with Gasteiger partial charge in [-0.05, 0) is 25.5 Å². The highest BCUT2D eigenvalue weighted by Crippen LogP contribution is 2.31. The van der Waals surface area contributed by atoms with E-state index in [1.165, 1.54) is 11.3 Å². The molecule has 0 aliphatic rings. The molecule has 1 amide bonds. The number of fused-ring (bicyclic) bond motifs is 1. The van der Waals surface area contributed by atoms with Gasteiger partial charge in [-0.25, -0.2) is 4.98 Å². The fraction of sp³-hybridized carbons (Fsp3) is 0.250. The van der Waals surface area contributed by atoms with Crippen LogP contribution in [0.5, 0.6) is 0 Å². The van der Waals surface area contributed by atoms with Crippen LogP contribution in [0.25, 0.3) is 10.2 Å². The van der Waals surface area contributed by atoms with Gasteiger partial charge in [-0.15, -0.1) is 11.3 Å². The lowest BCUT2D eigenvalue weighted by Gasteiger charge is -2.03. The number of amides is 1. The van der Waals surface area contributed by atoms with Crippen molar-refractivity contribution in [3.63, 3.8) is 0 Å². The van der Waals surface area contributed by atoms with Crippen LogP contribution in [0.15, 0.2) is 11.4 Å². The fourth-order valence-electron chi connectivity index (χ4n) is 1.75. The Bertz CT molecular complexity index is 624. The van der Waals surface area contributed by atoms with Gasteiger partial charge in [-0.2, -0.15) is 5.26 Å². The predicted octanol–water partition coefficient (Wildman–Crippen LogP) is 2.77. The Morgan fingerprint density at radius 1 is 1.59 bits per heavy atom. The Morgan fingerprint density at radius 3 is 3.06 bits per heavy atom. The van der Waals surface area contributed by atoms with Crippen LogP contribution >= 0.6 is 11.3 Å². The van der Waals surface area contributed by atoms with Crippen molar-refractivity contribution in [3.05, 3.63) is 22.7 Å². The van der Waals surface area contributed by atoms with Crippen LogP contribution in [0.1, 0.15) is 17.7 Å². The average Bonchev–Trinajstić information content (AvgIpc) is 2.61. The van der Waals surface area contributed by atoms with E-state index in [2.05, 4.69) is 10.3 Å². The molecule has 17 heavy (non-hydrogen) atoms. The molecule has 0 atom stereocenters. The number of carbonyl (C=O) groups excluding carboxylic acids is 1. The maximum absolute atomic E-state index is 11.4. The molecule has 86 valence electrons. The highest BCUT2D eigenvalue weighted by Gasteiger charge is 2.11. The zero-order valence-corrected chi connectivity index (χ0v) is 10.4. The van der Waals surface area contributed by atoms with Crippen LogP contribution < -0.4 is 5.32 Å². The smallest absolute Gasteiger partial charge is 0.238 e. The number of carbonyl (C=O) groups is 1. The highest BCUT2D eigenvalue weighted by atomic mass is 32.1. The predicted molar refractivity (Wildman–Crippen MR) is 68.0 cm³/mol. The van der Waals surface area contributed by atoms with Crippen molar-refractivity contribution >= 4 is 33.1 Å². The Kier molecular flexibility index (Phi) is 3.07. The second-order valence-corrected chi connectivity index (χ2v) is 4.65. The van der Waals surface area contributed by atoms with Crippen molar-refractivity contribution in [2.75, 3.05) is 5.32 Å². The van der Waals surface area contributed by atoms with Gasteiger partial charge < -0.3 is 5.32 Å². The van der Waals surface area contributed by atoms with Crippen LogP contribution in [-0.4, -0.2) is 10.9 Å². The first-order chi connectivity index (χ1) is 8.11. The molecule has 2 rings (SSSR count). The molecular weight excluding hydrogens is 234 g/mol. The number of nitriles is 1. The summed E-state index contributed by atoms with van der Waals surface area (Å²) in [5.74, 6) is -0.285. The molecule has 5 heteroatoms. The number of anilines is 1. The van der Waals surface area contributed by atoms with E-state index in [1.54, 1.807) is 0 Å². The quantitative estimate of drug-likeness (QED) is 0.884. The number of thiophene rings is 1. The minimum atomic E-state index is -0.285. The molecule has 4 nitrogen and oxygen atoms in total. The van der Waals surface area contributed by atoms with Crippen LogP contribution in [0.2, 0.25) is 0 Å². The van der Waals surface area contributed by atoms with Crippen molar-refractivity contribution in [1.82, 2.24) is 4.98 Å². The molecule has 0 unspecified atom stereocenters. The van der Waals surface area contributed by atoms with Gasteiger partial charge in [0.25, 0.3) is 0 Å². The Labute approximate surface area is 103 Å². The molecule has 0 bridgehead atoms. The third-order valence-corrected chi connectivity index (χ3v) is 3.26. The summed E-state index contributed by atoms with van der Waals surface area (Å²) < 4.78 is 0. The van der Waals surface area contributed by atoms with Crippen LogP contribution in [0, 0.1) is 25.2 Å². The molecule has 0 aliphatic heterocycles. The third-order valence-electron chi connectivity index (χ3n) is 2.38. The Morgan fingerprint density at radius 2 is 2.35 bits per heavy atom. The topological polar surface area (TPSA) is 65.8 Å². The van der Waals surface area contributed by atoms with E-state index >= 15 is 0 Å². The highest BCUT2D eigenvalue weighted by molar-refractivity contribution is 7.17. The molecular formula is C12H11N3OS. The summed E-state index contributed by atoms with van der Waals surface area (Å²) in [7, 11) is 0. The van der Waals surface area contributed by atoms with E-state index < -0.39 is 0 Å². The zero-order chi connectivity index (χ0) is 12.4. The van der Waals surface area contributed by atoms with E-state index in [1.807, 2.05) is 31.4 Å². The third kappa shape index (κ3) is 2.27. The summed E-state index contributed by atoms with van der Waals surface area (Å²) in [6, 6.07) is 3.81. The second-order valence-electron chi connectivity index (χ2n) is 3.79. The number of rotatable bonds is 2. The van der Waals surface area contributed by atoms with E-state index in [0.717, 1.165) is 27.2 Å². The first-order valence-electron chi connectivity index (χ1n) is 5.14. The molecule has 0 saturated carbocycles. The van der Waals surface area contributed by atoms with Crippen molar-refractivity contribution in [1.29, 1.82) is 5.26 Å². The van der Waals surface area contributed by atoms with Gasteiger partial charge in [0.05, 0.1) is 11.8 Å².